The Morgan fingerprint density at radius 1 is 1.17 bits per heavy atom. The largest absolute Gasteiger partial charge is 0.514 e. The number of hydrogen-bond donors (Lipinski definition) is 0. The molecule has 0 saturated heterocycles. The van der Waals surface area contributed by atoms with E-state index >= 15 is 0 Å². The van der Waals surface area contributed by atoms with Gasteiger partial charge in [-0.05, 0) is 45.0 Å². The van der Waals surface area contributed by atoms with Gasteiger partial charge in [0.1, 0.15) is 19.2 Å². The van der Waals surface area contributed by atoms with E-state index in [1.54, 1.807) is 33.0 Å². The van der Waals surface area contributed by atoms with Crippen molar-refractivity contribution >= 4 is 25.1 Å². The van der Waals surface area contributed by atoms with Crippen LogP contribution in [-0.2, 0) is 4.74 Å². The maximum atomic E-state index is 11.9. The molecule has 0 unspecified atom stereocenters. The topological polar surface area (TPSA) is 48.4 Å². The molecule has 1 heterocycles. The first kappa shape index (κ1) is 18.0. The Balaban J connectivity index is 2.41. The second kappa shape index (κ2) is 6.66. The number of nitrogens with zero attached hydrogens (tertiary/aromatic N) is 1. The summed E-state index contributed by atoms with van der Waals surface area (Å²) in [5, 5.41) is 0.865. The molecule has 0 saturated carbocycles. The summed E-state index contributed by atoms with van der Waals surface area (Å²) in [4.78, 5) is 16.3. The standard InChI is InChI=1S/C19H23NO3Si/c1-19(2,3)23-18(21)22-16-10-9-14(11-13-24(4,5)6)15-8-7-12-20-17(15)16/h7-10,12H,1-6H3. The maximum Gasteiger partial charge on any atom is 0.514 e. The number of pyridine rings is 1. The van der Waals surface area contributed by atoms with Crippen LogP contribution in [-0.4, -0.2) is 24.8 Å². The highest BCUT2D eigenvalue weighted by molar-refractivity contribution is 6.83. The van der Waals surface area contributed by atoms with Gasteiger partial charge in [-0.25, -0.2) is 4.79 Å². The molecule has 1 aromatic heterocycles. The lowest BCUT2D eigenvalue weighted by molar-refractivity contribution is 0.0209. The fourth-order valence-electron chi connectivity index (χ4n) is 1.95. The number of ether oxygens (including phenoxy) is 2. The smallest absolute Gasteiger partial charge is 0.428 e. The molecule has 0 aliphatic rings. The van der Waals surface area contributed by atoms with Gasteiger partial charge in [0.15, 0.2) is 5.75 Å². The molecule has 126 valence electrons. The van der Waals surface area contributed by atoms with Crippen molar-refractivity contribution in [2.24, 2.45) is 0 Å². The molecule has 0 aliphatic carbocycles. The molecule has 4 nitrogen and oxygen atoms in total. The fraction of sp³-hybridized carbons (Fsp3) is 0.368. The molecule has 0 spiro atoms. The van der Waals surface area contributed by atoms with Crippen molar-refractivity contribution in [2.75, 3.05) is 0 Å². The number of carbonyl (C=O) groups is 1. The van der Waals surface area contributed by atoms with Gasteiger partial charge in [-0.2, -0.15) is 0 Å². The minimum atomic E-state index is -1.48. The summed E-state index contributed by atoms with van der Waals surface area (Å²) in [6.45, 7) is 12.0. The summed E-state index contributed by atoms with van der Waals surface area (Å²) in [6.07, 6.45) is 0.926. The zero-order valence-corrected chi connectivity index (χ0v) is 16.1. The van der Waals surface area contributed by atoms with E-state index in [9.17, 15) is 4.79 Å². The first-order valence-corrected chi connectivity index (χ1v) is 11.4. The van der Waals surface area contributed by atoms with Crippen LogP contribution in [0, 0.1) is 11.5 Å². The molecular weight excluding hydrogens is 318 g/mol. The third kappa shape index (κ3) is 5.10. The van der Waals surface area contributed by atoms with E-state index in [2.05, 4.69) is 36.1 Å². The molecule has 1 aromatic carbocycles. The summed E-state index contributed by atoms with van der Waals surface area (Å²) in [6, 6.07) is 7.35. The lowest BCUT2D eigenvalue weighted by Crippen LogP contribution is -2.26. The van der Waals surface area contributed by atoms with Crippen molar-refractivity contribution in [3.63, 3.8) is 0 Å². The Morgan fingerprint density at radius 3 is 2.50 bits per heavy atom. The fourth-order valence-corrected chi connectivity index (χ4v) is 2.46. The highest BCUT2D eigenvalue weighted by atomic mass is 28.3. The maximum absolute atomic E-state index is 11.9. The minimum Gasteiger partial charge on any atom is -0.428 e. The van der Waals surface area contributed by atoms with Gasteiger partial charge < -0.3 is 9.47 Å². The van der Waals surface area contributed by atoms with Gasteiger partial charge in [0, 0.05) is 17.1 Å². The Bertz CT molecular complexity index is 820. The van der Waals surface area contributed by atoms with Crippen LogP contribution in [0.25, 0.3) is 10.9 Å². The number of benzene rings is 1. The highest BCUT2D eigenvalue weighted by Crippen LogP contribution is 2.27. The van der Waals surface area contributed by atoms with Gasteiger partial charge in [0.25, 0.3) is 0 Å². The van der Waals surface area contributed by atoms with Crippen molar-refractivity contribution in [3.05, 3.63) is 36.0 Å². The lowest BCUT2D eigenvalue weighted by Gasteiger charge is -2.19. The third-order valence-corrected chi connectivity index (χ3v) is 3.76. The SMILES string of the molecule is CC(C)(C)OC(=O)Oc1ccc(C#C[Si](C)(C)C)c2cccnc12. The van der Waals surface area contributed by atoms with Crippen LogP contribution in [0.2, 0.25) is 19.6 Å². The molecule has 0 fully saturated rings. The van der Waals surface area contributed by atoms with Crippen molar-refractivity contribution in [3.8, 4) is 17.2 Å². The Kier molecular flexibility index (Phi) is 5.00. The van der Waals surface area contributed by atoms with Crippen LogP contribution < -0.4 is 4.74 Å². The van der Waals surface area contributed by atoms with Crippen LogP contribution >= 0.6 is 0 Å². The lowest BCUT2D eigenvalue weighted by atomic mass is 10.1. The third-order valence-electron chi connectivity index (χ3n) is 2.89. The van der Waals surface area contributed by atoms with Crippen LogP contribution in [0.15, 0.2) is 30.5 Å². The van der Waals surface area contributed by atoms with Crippen LogP contribution in [0.5, 0.6) is 5.75 Å². The van der Waals surface area contributed by atoms with Crippen LogP contribution in [0.3, 0.4) is 0 Å². The summed E-state index contributed by atoms with van der Waals surface area (Å²) >= 11 is 0. The van der Waals surface area contributed by atoms with E-state index in [0.29, 0.717) is 11.3 Å². The van der Waals surface area contributed by atoms with E-state index in [1.165, 1.54) is 0 Å². The molecule has 0 aliphatic heterocycles. The van der Waals surface area contributed by atoms with Gasteiger partial charge in [0.05, 0.1) is 0 Å². The van der Waals surface area contributed by atoms with E-state index in [1.807, 2.05) is 18.2 Å². The van der Waals surface area contributed by atoms with Crippen molar-refractivity contribution in [1.29, 1.82) is 0 Å². The zero-order chi connectivity index (χ0) is 18.0. The first-order valence-electron chi connectivity index (χ1n) is 7.87. The van der Waals surface area contributed by atoms with Crippen molar-refractivity contribution in [1.82, 2.24) is 4.98 Å². The predicted molar refractivity (Wildman–Crippen MR) is 98.8 cm³/mol. The van der Waals surface area contributed by atoms with Gasteiger partial charge >= 0.3 is 6.16 Å². The van der Waals surface area contributed by atoms with Crippen LogP contribution in [0.1, 0.15) is 26.3 Å². The highest BCUT2D eigenvalue weighted by Gasteiger charge is 2.19. The van der Waals surface area contributed by atoms with Crippen LogP contribution in [0.4, 0.5) is 4.79 Å². The molecule has 0 amide bonds. The van der Waals surface area contributed by atoms with Crippen molar-refractivity contribution < 1.29 is 14.3 Å². The van der Waals surface area contributed by atoms with E-state index in [4.69, 9.17) is 9.47 Å². The number of carbonyl (C=O) groups excluding carboxylic acids is 1. The van der Waals surface area contributed by atoms with Gasteiger partial charge in [-0.3, -0.25) is 4.98 Å². The second-order valence-electron chi connectivity index (χ2n) is 7.58. The van der Waals surface area contributed by atoms with E-state index in [-0.39, 0.29) is 0 Å². The summed E-state index contributed by atoms with van der Waals surface area (Å²) in [5.41, 5.74) is 4.23. The number of aromatic nitrogens is 1. The van der Waals surface area contributed by atoms with E-state index in [0.717, 1.165) is 10.9 Å². The minimum absolute atomic E-state index is 0.374. The van der Waals surface area contributed by atoms with Crippen molar-refractivity contribution in [2.45, 2.75) is 46.0 Å². The van der Waals surface area contributed by atoms with Gasteiger partial charge in [0.2, 0.25) is 0 Å². The second-order valence-corrected chi connectivity index (χ2v) is 12.3. The van der Waals surface area contributed by atoms with E-state index < -0.39 is 19.8 Å². The Labute approximate surface area is 144 Å². The molecular formula is C19H23NO3Si. The predicted octanol–water partition coefficient (Wildman–Crippen LogP) is 4.78. The molecule has 0 N–H and O–H groups in total. The average molecular weight is 341 g/mol. The molecule has 0 bridgehead atoms. The molecule has 2 aromatic rings. The average Bonchev–Trinajstić information content (AvgIpc) is 2.43. The molecule has 0 radical (unpaired) electrons. The number of fused-ring (bicyclic) bond motifs is 1. The first-order chi connectivity index (χ1) is 11.1. The molecule has 2 rings (SSSR count). The molecule has 5 heteroatoms. The number of rotatable bonds is 1. The summed E-state index contributed by atoms with van der Waals surface area (Å²) in [5.74, 6) is 3.62. The normalized spacial score (nSPS) is 11.6. The summed E-state index contributed by atoms with van der Waals surface area (Å²) in [7, 11) is -1.48. The van der Waals surface area contributed by atoms with Gasteiger partial charge in [-0.15, -0.1) is 5.54 Å². The number of hydrogen-bond acceptors (Lipinski definition) is 4. The zero-order valence-electron chi connectivity index (χ0n) is 15.1. The quantitative estimate of drug-likeness (QED) is 0.324. The molecule has 24 heavy (non-hydrogen) atoms. The monoisotopic (exact) mass is 341 g/mol. The Morgan fingerprint density at radius 2 is 1.88 bits per heavy atom. The van der Waals surface area contributed by atoms with Gasteiger partial charge in [-0.1, -0.05) is 25.6 Å². The molecule has 0 atom stereocenters. The Hall–Kier alpha value is -2.32. The summed E-state index contributed by atoms with van der Waals surface area (Å²) < 4.78 is 10.5.